The van der Waals surface area contributed by atoms with Crippen LogP contribution in [0.15, 0.2) is 83.5 Å². The largest absolute Gasteiger partial charge is 0.466 e. The minimum atomic E-state index is -2.71. The summed E-state index contributed by atoms with van der Waals surface area (Å²) in [6.07, 6.45) is 7.72. The molecule has 244 valence electrons. The highest BCUT2D eigenvalue weighted by Crippen LogP contribution is 2.67. The van der Waals surface area contributed by atoms with Crippen molar-refractivity contribution in [2.24, 2.45) is 34.5 Å². The van der Waals surface area contributed by atoms with Crippen LogP contribution in [0.1, 0.15) is 85.3 Å². The molecule has 5 nitrogen and oxygen atoms in total. The first-order valence-corrected chi connectivity index (χ1v) is 19.1. The molecule has 3 aromatic rings. The van der Waals surface area contributed by atoms with E-state index in [0.29, 0.717) is 12.2 Å². The fourth-order valence-electron chi connectivity index (χ4n) is 10.5. The van der Waals surface area contributed by atoms with Gasteiger partial charge in [0.1, 0.15) is 11.4 Å². The van der Waals surface area contributed by atoms with Crippen molar-refractivity contribution >= 4 is 18.7 Å². The number of aliphatic hydroxyl groups is 3. The van der Waals surface area contributed by atoms with E-state index < -0.39 is 13.9 Å². The lowest BCUT2D eigenvalue weighted by molar-refractivity contribution is -0.158. The maximum absolute atomic E-state index is 12.0. The summed E-state index contributed by atoms with van der Waals surface area (Å²) < 4.78 is 13.4. The number of benzene rings is 2. The van der Waals surface area contributed by atoms with Crippen LogP contribution in [-0.4, -0.2) is 43.0 Å². The molecule has 6 rings (SSSR count). The molecule has 0 amide bonds. The molecule has 0 bridgehead atoms. The summed E-state index contributed by atoms with van der Waals surface area (Å²) in [4.78, 5) is 0. The third kappa shape index (κ3) is 5.11. The van der Waals surface area contributed by atoms with Gasteiger partial charge in [-0.2, -0.15) is 0 Å². The predicted molar refractivity (Wildman–Crippen MR) is 182 cm³/mol. The van der Waals surface area contributed by atoms with Crippen LogP contribution in [0.3, 0.4) is 0 Å². The van der Waals surface area contributed by atoms with E-state index in [1.165, 1.54) is 10.4 Å². The maximum Gasteiger partial charge on any atom is 0.261 e. The molecular weight excluding hydrogens is 577 g/mol. The van der Waals surface area contributed by atoms with Gasteiger partial charge < -0.3 is 24.2 Å². The van der Waals surface area contributed by atoms with Crippen LogP contribution in [0.25, 0.3) is 0 Å². The first-order valence-electron chi connectivity index (χ1n) is 17.2. The Morgan fingerprint density at radius 1 is 0.800 bits per heavy atom. The minimum Gasteiger partial charge on any atom is -0.466 e. The SMILES string of the molecule is CC(C)(C)[Si](O[C@H]1CC[C@@](C)([C@H]2CC[C@@]3(C)[C@@H](CC[C@@]3(O)c3ccco3)[C@@H]2CO)[C@@H](CO)C1)(c1ccccc1)c1ccccc1. The molecule has 0 unspecified atom stereocenters. The maximum atomic E-state index is 12.0. The third-order valence-corrected chi connectivity index (χ3v) is 18.1. The van der Waals surface area contributed by atoms with E-state index in [2.05, 4.69) is 95.3 Å². The average molecular weight is 631 g/mol. The number of hydrogen-bond acceptors (Lipinski definition) is 5. The molecule has 0 spiro atoms. The fourth-order valence-corrected chi connectivity index (χ4v) is 15.2. The van der Waals surface area contributed by atoms with E-state index in [9.17, 15) is 15.3 Å². The molecule has 2 aromatic carbocycles. The smallest absolute Gasteiger partial charge is 0.261 e. The predicted octanol–water partition coefficient (Wildman–Crippen LogP) is 6.65. The number of hydrogen-bond donors (Lipinski definition) is 3. The van der Waals surface area contributed by atoms with Gasteiger partial charge in [0.2, 0.25) is 0 Å². The summed E-state index contributed by atoms with van der Waals surface area (Å²) >= 11 is 0. The van der Waals surface area contributed by atoms with Crippen LogP contribution in [0.4, 0.5) is 0 Å². The lowest BCUT2D eigenvalue weighted by atomic mass is 9.48. The monoisotopic (exact) mass is 630 g/mol. The highest BCUT2D eigenvalue weighted by Gasteiger charge is 2.65. The summed E-state index contributed by atoms with van der Waals surface area (Å²) in [6.45, 7) is 11.8. The van der Waals surface area contributed by atoms with E-state index in [1.807, 2.05) is 12.1 Å². The normalized spacial score (nSPS) is 35.7. The first kappa shape index (κ1) is 32.7. The Balaban J connectivity index is 1.29. The van der Waals surface area contributed by atoms with Crippen molar-refractivity contribution in [3.8, 4) is 0 Å². The number of furan rings is 1. The van der Waals surface area contributed by atoms with Gasteiger partial charge in [0.25, 0.3) is 8.32 Å². The van der Waals surface area contributed by atoms with Crippen LogP contribution in [0, 0.1) is 34.5 Å². The van der Waals surface area contributed by atoms with Gasteiger partial charge in [-0.25, -0.2) is 0 Å². The van der Waals surface area contributed by atoms with Gasteiger partial charge in [-0.3, -0.25) is 0 Å². The van der Waals surface area contributed by atoms with Crippen molar-refractivity contribution < 1.29 is 24.2 Å². The summed E-state index contributed by atoms with van der Waals surface area (Å²) in [5.74, 6) is 1.26. The second-order valence-electron chi connectivity index (χ2n) is 16.0. The summed E-state index contributed by atoms with van der Waals surface area (Å²) in [5.41, 5.74) is -1.50. The molecule has 3 aliphatic carbocycles. The van der Waals surface area contributed by atoms with E-state index in [0.717, 1.165) is 38.5 Å². The van der Waals surface area contributed by atoms with Gasteiger partial charge in [-0.1, -0.05) is 95.3 Å². The standard InChI is InChI=1S/C39H54O5Si/c1-36(2,3)45(30-13-8-6-9-14-30,31-15-10-7-11-16-31)44-29-18-21-37(4,28(25-29)26-40)33-19-22-38(5)34(32(33)27-41)20-23-39(38,42)35-17-12-24-43-35/h6-17,24,28-29,32-34,40-42H,18-23,25-27H2,1-5H3/t28-,29+,32-,33+,34+,37-,38+,39-/m1/s1. The Bertz CT molecular complexity index is 1360. The molecule has 8 atom stereocenters. The van der Waals surface area contributed by atoms with Crippen LogP contribution < -0.4 is 10.4 Å². The van der Waals surface area contributed by atoms with E-state index >= 15 is 0 Å². The van der Waals surface area contributed by atoms with Gasteiger partial charge in [-0.15, -0.1) is 0 Å². The van der Waals surface area contributed by atoms with Crippen LogP contribution in [0.2, 0.25) is 5.04 Å². The summed E-state index contributed by atoms with van der Waals surface area (Å²) in [5, 5.41) is 36.5. The molecule has 3 saturated carbocycles. The van der Waals surface area contributed by atoms with Crippen molar-refractivity contribution in [3.05, 3.63) is 84.8 Å². The van der Waals surface area contributed by atoms with Gasteiger partial charge in [0.15, 0.2) is 0 Å². The Kier molecular flexibility index (Phi) is 8.79. The molecule has 0 saturated heterocycles. The zero-order chi connectivity index (χ0) is 32.1. The van der Waals surface area contributed by atoms with E-state index in [4.69, 9.17) is 8.84 Å². The highest BCUT2D eigenvalue weighted by atomic mass is 28.4. The Morgan fingerprint density at radius 2 is 1.42 bits per heavy atom. The number of aliphatic hydroxyl groups excluding tert-OH is 2. The van der Waals surface area contributed by atoms with Gasteiger partial charge in [0.05, 0.1) is 6.26 Å². The van der Waals surface area contributed by atoms with Crippen molar-refractivity contribution in [2.75, 3.05) is 13.2 Å². The molecule has 1 heterocycles. The van der Waals surface area contributed by atoms with Crippen LogP contribution >= 0.6 is 0 Å². The fraction of sp³-hybridized carbons (Fsp3) is 0.590. The van der Waals surface area contributed by atoms with Crippen molar-refractivity contribution in [1.29, 1.82) is 0 Å². The molecule has 3 aliphatic rings. The molecule has 6 heteroatoms. The molecular formula is C39H54O5Si. The van der Waals surface area contributed by atoms with Crippen molar-refractivity contribution in [2.45, 2.75) is 96.3 Å². The van der Waals surface area contributed by atoms with Crippen molar-refractivity contribution in [3.63, 3.8) is 0 Å². The lowest BCUT2D eigenvalue weighted by Crippen LogP contribution is -2.68. The van der Waals surface area contributed by atoms with Gasteiger partial charge >= 0.3 is 0 Å². The Morgan fingerprint density at radius 3 is 1.96 bits per heavy atom. The highest BCUT2D eigenvalue weighted by molar-refractivity contribution is 6.99. The molecule has 0 aliphatic heterocycles. The Labute approximate surface area is 271 Å². The minimum absolute atomic E-state index is 0.0403. The molecule has 3 N–H and O–H groups in total. The molecule has 3 fully saturated rings. The quantitative estimate of drug-likeness (QED) is 0.243. The van der Waals surface area contributed by atoms with E-state index in [-0.39, 0.29) is 58.9 Å². The van der Waals surface area contributed by atoms with Crippen molar-refractivity contribution in [1.82, 2.24) is 0 Å². The summed E-state index contributed by atoms with van der Waals surface area (Å²) in [6, 6.07) is 25.4. The van der Waals surface area contributed by atoms with Gasteiger partial charge in [0, 0.05) is 24.7 Å². The Hall–Kier alpha value is -2.22. The second kappa shape index (κ2) is 12.1. The number of rotatable bonds is 8. The third-order valence-electron chi connectivity index (χ3n) is 13.0. The zero-order valence-electron chi connectivity index (χ0n) is 27.9. The second-order valence-corrected chi connectivity index (χ2v) is 20.2. The first-order chi connectivity index (χ1) is 21.4. The topological polar surface area (TPSA) is 83.1 Å². The molecule has 0 radical (unpaired) electrons. The summed E-state index contributed by atoms with van der Waals surface area (Å²) in [7, 11) is -2.71. The van der Waals surface area contributed by atoms with Crippen LogP contribution in [0.5, 0.6) is 0 Å². The van der Waals surface area contributed by atoms with Crippen LogP contribution in [-0.2, 0) is 10.0 Å². The average Bonchev–Trinajstić information content (AvgIpc) is 3.68. The molecule has 45 heavy (non-hydrogen) atoms. The number of fused-ring (bicyclic) bond motifs is 1. The van der Waals surface area contributed by atoms with Gasteiger partial charge in [-0.05, 0) is 102 Å². The lowest BCUT2D eigenvalue weighted by Gasteiger charge is -2.58. The van der Waals surface area contributed by atoms with E-state index in [1.54, 1.807) is 6.26 Å². The molecule has 1 aromatic heterocycles. The zero-order valence-corrected chi connectivity index (χ0v) is 28.9.